The molecule has 0 aliphatic carbocycles. The van der Waals surface area contributed by atoms with Gasteiger partial charge < -0.3 is 10.1 Å². The topological polar surface area (TPSA) is 34.1 Å². The highest BCUT2D eigenvalue weighted by Gasteiger charge is 2.04. The highest BCUT2D eigenvalue weighted by atomic mass is 127. The molecule has 1 aromatic heterocycles. The minimum absolute atomic E-state index is 0.641. The zero-order chi connectivity index (χ0) is 15.2. The molecule has 0 aliphatic rings. The number of hydrogen-bond acceptors (Lipinski definition) is 3. The number of aryl methyl sites for hydroxylation is 1. The molecule has 0 amide bonds. The molecule has 0 saturated heterocycles. The second-order valence-electron chi connectivity index (χ2n) is 5.48. The lowest BCUT2D eigenvalue weighted by molar-refractivity contribution is 0.460. The van der Waals surface area contributed by atoms with Crippen molar-refractivity contribution in [2.24, 2.45) is 5.92 Å². The maximum absolute atomic E-state index is 5.80. The number of pyridine rings is 1. The molecule has 1 N–H and O–H groups in total. The van der Waals surface area contributed by atoms with Gasteiger partial charge in [0.15, 0.2) is 0 Å². The molecular formula is C17H21IN2O. The maximum atomic E-state index is 5.80. The molecule has 2 aromatic rings. The van der Waals surface area contributed by atoms with E-state index in [-0.39, 0.29) is 0 Å². The SMILES string of the molecule is Cc1nc(Oc2cccc(I)c2)ccc1CNCC(C)C. The summed E-state index contributed by atoms with van der Waals surface area (Å²) in [5.41, 5.74) is 2.22. The summed E-state index contributed by atoms with van der Waals surface area (Å²) >= 11 is 2.27. The second-order valence-corrected chi connectivity index (χ2v) is 6.72. The van der Waals surface area contributed by atoms with Gasteiger partial charge in [-0.15, -0.1) is 0 Å². The Kier molecular flexibility index (Phi) is 5.99. The van der Waals surface area contributed by atoms with Crippen molar-refractivity contribution in [1.82, 2.24) is 10.3 Å². The number of benzene rings is 1. The predicted molar refractivity (Wildman–Crippen MR) is 94.8 cm³/mol. The fraction of sp³-hybridized carbons (Fsp3) is 0.353. The zero-order valence-electron chi connectivity index (χ0n) is 12.7. The van der Waals surface area contributed by atoms with Crippen molar-refractivity contribution in [3.05, 3.63) is 51.2 Å². The Morgan fingerprint density at radius 1 is 1.24 bits per heavy atom. The Morgan fingerprint density at radius 2 is 2.05 bits per heavy atom. The Labute approximate surface area is 140 Å². The largest absolute Gasteiger partial charge is 0.439 e. The van der Waals surface area contributed by atoms with E-state index in [4.69, 9.17) is 4.74 Å². The van der Waals surface area contributed by atoms with Gasteiger partial charge in [-0.25, -0.2) is 4.98 Å². The van der Waals surface area contributed by atoms with E-state index >= 15 is 0 Å². The standard InChI is InChI=1S/C17H21IN2O/c1-12(2)10-19-11-14-7-8-17(20-13(14)3)21-16-6-4-5-15(18)9-16/h4-9,12,19H,10-11H2,1-3H3. The smallest absolute Gasteiger partial charge is 0.219 e. The fourth-order valence-corrected chi connectivity index (χ4v) is 2.47. The molecule has 0 bridgehead atoms. The van der Waals surface area contributed by atoms with E-state index < -0.39 is 0 Å². The first-order chi connectivity index (χ1) is 10.0. The summed E-state index contributed by atoms with van der Waals surface area (Å²) in [6.07, 6.45) is 0. The van der Waals surface area contributed by atoms with Crippen molar-refractivity contribution in [2.75, 3.05) is 6.54 Å². The molecule has 112 valence electrons. The number of ether oxygens (including phenoxy) is 1. The lowest BCUT2D eigenvalue weighted by atomic mass is 10.2. The van der Waals surface area contributed by atoms with Gasteiger partial charge in [-0.1, -0.05) is 26.0 Å². The normalized spacial score (nSPS) is 10.9. The average Bonchev–Trinajstić information content (AvgIpc) is 2.41. The second kappa shape index (κ2) is 7.75. The summed E-state index contributed by atoms with van der Waals surface area (Å²) in [5, 5.41) is 3.44. The molecule has 1 aromatic carbocycles. The third-order valence-corrected chi connectivity index (χ3v) is 3.73. The van der Waals surface area contributed by atoms with Crippen LogP contribution in [0.4, 0.5) is 0 Å². The molecule has 0 radical (unpaired) electrons. The molecule has 21 heavy (non-hydrogen) atoms. The highest BCUT2D eigenvalue weighted by Crippen LogP contribution is 2.22. The lowest BCUT2D eigenvalue weighted by Crippen LogP contribution is -2.19. The van der Waals surface area contributed by atoms with Gasteiger partial charge in [0.2, 0.25) is 5.88 Å². The zero-order valence-corrected chi connectivity index (χ0v) is 14.8. The third kappa shape index (κ3) is 5.28. The predicted octanol–water partition coefficient (Wildman–Crippen LogP) is 4.53. The summed E-state index contributed by atoms with van der Waals surface area (Å²) in [5.74, 6) is 2.11. The van der Waals surface area contributed by atoms with Crippen LogP contribution in [0.3, 0.4) is 0 Å². The van der Waals surface area contributed by atoms with Gasteiger partial charge in [0, 0.05) is 21.9 Å². The molecular weight excluding hydrogens is 375 g/mol. The number of halogens is 1. The van der Waals surface area contributed by atoms with Crippen LogP contribution in [0, 0.1) is 16.4 Å². The van der Waals surface area contributed by atoms with Crippen LogP contribution in [0.1, 0.15) is 25.1 Å². The molecule has 0 atom stereocenters. The molecule has 0 spiro atoms. The summed E-state index contributed by atoms with van der Waals surface area (Å²) < 4.78 is 6.95. The molecule has 0 aliphatic heterocycles. The van der Waals surface area contributed by atoms with Gasteiger partial charge in [0.1, 0.15) is 5.75 Å². The van der Waals surface area contributed by atoms with Gasteiger partial charge in [-0.05, 0) is 65.7 Å². The molecule has 0 fully saturated rings. The Morgan fingerprint density at radius 3 is 2.71 bits per heavy atom. The number of rotatable bonds is 6. The third-order valence-electron chi connectivity index (χ3n) is 3.06. The molecule has 0 unspecified atom stereocenters. The Bertz CT molecular complexity index is 599. The lowest BCUT2D eigenvalue weighted by Gasteiger charge is -2.11. The van der Waals surface area contributed by atoms with Gasteiger partial charge in [-0.2, -0.15) is 0 Å². The van der Waals surface area contributed by atoms with Crippen molar-refractivity contribution in [3.63, 3.8) is 0 Å². The summed E-state index contributed by atoms with van der Waals surface area (Å²) in [4.78, 5) is 4.53. The van der Waals surface area contributed by atoms with Crippen LogP contribution in [0.5, 0.6) is 11.6 Å². The van der Waals surface area contributed by atoms with Crippen molar-refractivity contribution < 1.29 is 4.74 Å². The molecule has 3 nitrogen and oxygen atoms in total. The van der Waals surface area contributed by atoms with Crippen molar-refractivity contribution >= 4 is 22.6 Å². The summed E-state index contributed by atoms with van der Waals surface area (Å²) in [7, 11) is 0. The Hall–Kier alpha value is -1.14. The first kappa shape index (κ1) is 16.2. The van der Waals surface area contributed by atoms with Crippen molar-refractivity contribution in [1.29, 1.82) is 0 Å². The number of hydrogen-bond donors (Lipinski definition) is 1. The molecule has 4 heteroatoms. The summed E-state index contributed by atoms with van der Waals surface area (Å²) in [6, 6.07) is 12.0. The van der Waals surface area contributed by atoms with E-state index in [1.54, 1.807) is 0 Å². The van der Waals surface area contributed by atoms with Crippen LogP contribution in [-0.4, -0.2) is 11.5 Å². The van der Waals surface area contributed by atoms with Crippen LogP contribution in [0.2, 0.25) is 0 Å². The van der Waals surface area contributed by atoms with E-state index in [9.17, 15) is 0 Å². The number of aromatic nitrogens is 1. The maximum Gasteiger partial charge on any atom is 0.219 e. The minimum Gasteiger partial charge on any atom is -0.439 e. The quantitative estimate of drug-likeness (QED) is 0.729. The van der Waals surface area contributed by atoms with E-state index in [1.165, 1.54) is 5.56 Å². The Balaban J connectivity index is 2.01. The van der Waals surface area contributed by atoms with E-state index in [1.807, 2.05) is 37.3 Å². The molecule has 1 heterocycles. The van der Waals surface area contributed by atoms with Crippen LogP contribution in [0.25, 0.3) is 0 Å². The van der Waals surface area contributed by atoms with Crippen molar-refractivity contribution in [3.8, 4) is 11.6 Å². The first-order valence-electron chi connectivity index (χ1n) is 7.15. The molecule has 0 saturated carbocycles. The molecule has 2 rings (SSSR count). The summed E-state index contributed by atoms with van der Waals surface area (Å²) in [6.45, 7) is 8.29. The monoisotopic (exact) mass is 396 g/mol. The van der Waals surface area contributed by atoms with E-state index in [2.05, 4.69) is 52.8 Å². The van der Waals surface area contributed by atoms with Crippen LogP contribution >= 0.6 is 22.6 Å². The van der Waals surface area contributed by atoms with E-state index in [0.717, 1.165) is 28.1 Å². The van der Waals surface area contributed by atoms with Gasteiger partial charge in [0.05, 0.1) is 0 Å². The fourth-order valence-electron chi connectivity index (χ4n) is 1.96. The first-order valence-corrected chi connectivity index (χ1v) is 8.23. The van der Waals surface area contributed by atoms with Crippen LogP contribution in [0.15, 0.2) is 36.4 Å². The number of nitrogens with zero attached hydrogens (tertiary/aromatic N) is 1. The van der Waals surface area contributed by atoms with Gasteiger partial charge in [0.25, 0.3) is 0 Å². The average molecular weight is 396 g/mol. The van der Waals surface area contributed by atoms with Gasteiger partial charge >= 0.3 is 0 Å². The van der Waals surface area contributed by atoms with Crippen LogP contribution < -0.4 is 10.1 Å². The minimum atomic E-state index is 0.641. The number of nitrogens with one attached hydrogen (secondary N) is 1. The van der Waals surface area contributed by atoms with Crippen molar-refractivity contribution in [2.45, 2.75) is 27.3 Å². The highest BCUT2D eigenvalue weighted by molar-refractivity contribution is 14.1. The van der Waals surface area contributed by atoms with Gasteiger partial charge in [-0.3, -0.25) is 0 Å². The van der Waals surface area contributed by atoms with Crippen LogP contribution in [-0.2, 0) is 6.54 Å². The van der Waals surface area contributed by atoms with E-state index in [0.29, 0.717) is 11.8 Å².